The summed E-state index contributed by atoms with van der Waals surface area (Å²) in [7, 11) is 0. The van der Waals surface area contributed by atoms with E-state index < -0.39 is 11.7 Å². The Labute approximate surface area is 98.5 Å². The third-order valence-electron chi connectivity index (χ3n) is 2.84. The van der Waals surface area contributed by atoms with Crippen LogP contribution in [-0.4, -0.2) is 24.2 Å². The number of hydrogen-bond donors (Lipinski definition) is 0. The van der Waals surface area contributed by atoms with Crippen molar-refractivity contribution in [2.45, 2.75) is 19.1 Å². The van der Waals surface area contributed by atoms with Crippen molar-refractivity contribution in [2.24, 2.45) is 0 Å². The number of hydrogen-bond acceptors (Lipinski definition) is 1. The van der Waals surface area contributed by atoms with Crippen LogP contribution in [0.1, 0.15) is 12.0 Å². The van der Waals surface area contributed by atoms with Crippen molar-refractivity contribution in [3.8, 4) is 0 Å². The van der Waals surface area contributed by atoms with Gasteiger partial charge in [-0.15, -0.1) is 0 Å². The third kappa shape index (κ3) is 3.33. The van der Waals surface area contributed by atoms with Gasteiger partial charge in [-0.05, 0) is 12.0 Å². The van der Waals surface area contributed by atoms with E-state index in [4.69, 9.17) is 0 Å². The molecule has 4 heteroatoms. The highest BCUT2D eigenvalue weighted by Gasteiger charge is 2.35. The second-order valence-corrected chi connectivity index (χ2v) is 4.21. The molecule has 0 amide bonds. The largest absolute Gasteiger partial charge is 0.413 e. The fraction of sp³-hybridized carbons (Fsp3) is 0.385. The molecule has 1 aliphatic heterocycles. The molecule has 1 aromatic carbocycles. The maximum Gasteiger partial charge on any atom is 0.413 e. The molecule has 1 aromatic rings. The molecule has 2 rings (SSSR count). The van der Waals surface area contributed by atoms with E-state index in [1.165, 1.54) is 6.08 Å². The van der Waals surface area contributed by atoms with Crippen LogP contribution in [0, 0.1) is 0 Å². The Morgan fingerprint density at radius 3 is 2.47 bits per heavy atom. The number of benzene rings is 1. The zero-order chi connectivity index (χ0) is 12.3. The summed E-state index contributed by atoms with van der Waals surface area (Å²) in [5, 5.41) is 0. The molecule has 1 heterocycles. The first-order chi connectivity index (χ1) is 8.05. The van der Waals surface area contributed by atoms with Gasteiger partial charge in [-0.25, -0.2) is 0 Å². The van der Waals surface area contributed by atoms with Crippen molar-refractivity contribution in [1.82, 2.24) is 4.90 Å². The molecular weight excluding hydrogens is 227 g/mol. The maximum atomic E-state index is 12.6. The Morgan fingerprint density at radius 1 is 1.12 bits per heavy atom. The molecule has 0 aliphatic carbocycles. The summed E-state index contributed by atoms with van der Waals surface area (Å²) in [5.74, 6) is 0. The maximum absolute atomic E-state index is 12.6. The molecule has 92 valence electrons. The average Bonchev–Trinajstić information content (AvgIpc) is 2.29. The van der Waals surface area contributed by atoms with Gasteiger partial charge in [0.15, 0.2) is 0 Å². The van der Waals surface area contributed by atoms with E-state index in [2.05, 4.69) is 0 Å². The van der Waals surface area contributed by atoms with Crippen LogP contribution in [0.5, 0.6) is 0 Å². The van der Waals surface area contributed by atoms with Crippen LogP contribution in [0.4, 0.5) is 13.2 Å². The number of rotatable bonds is 2. The molecule has 0 unspecified atom stereocenters. The highest BCUT2D eigenvalue weighted by atomic mass is 19.4. The van der Waals surface area contributed by atoms with Crippen molar-refractivity contribution in [3.05, 3.63) is 47.5 Å². The predicted molar refractivity (Wildman–Crippen MR) is 60.5 cm³/mol. The van der Waals surface area contributed by atoms with Crippen LogP contribution < -0.4 is 0 Å². The lowest BCUT2D eigenvalue weighted by Gasteiger charge is -2.28. The molecule has 0 radical (unpaired) electrons. The normalized spacial score (nSPS) is 17.9. The quantitative estimate of drug-likeness (QED) is 0.717. The Bertz CT molecular complexity index is 395. The molecule has 0 N–H and O–H groups in total. The summed E-state index contributed by atoms with van der Waals surface area (Å²) in [6.07, 6.45) is -2.40. The first-order valence-corrected chi connectivity index (χ1v) is 5.58. The molecule has 0 bridgehead atoms. The lowest BCUT2D eigenvalue weighted by Crippen LogP contribution is -2.34. The molecule has 17 heavy (non-hydrogen) atoms. The van der Waals surface area contributed by atoms with Crippen LogP contribution in [0.3, 0.4) is 0 Å². The molecule has 0 spiro atoms. The minimum atomic E-state index is -4.19. The Balaban J connectivity index is 1.99. The minimum Gasteiger partial charge on any atom is -0.295 e. The fourth-order valence-corrected chi connectivity index (χ4v) is 1.99. The molecule has 0 fully saturated rings. The highest BCUT2D eigenvalue weighted by Crippen LogP contribution is 2.29. The van der Waals surface area contributed by atoms with Gasteiger partial charge in [0.2, 0.25) is 0 Å². The Morgan fingerprint density at radius 2 is 1.82 bits per heavy atom. The van der Waals surface area contributed by atoms with Crippen molar-refractivity contribution in [3.63, 3.8) is 0 Å². The summed E-state index contributed by atoms with van der Waals surface area (Å²) in [5.41, 5.74) is 0.635. The van der Waals surface area contributed by atoms with E-state index >= 15 is 0 Å². The smallest absolute Gasteiger partial charge is 0.295 e. The van der Waals surface area contributed by atoms with Crippen LogP contribution in [0.25, 0.3) is 0 Å². The summed E-state index contributed by atoms with van der Waals surface area (Å²) in [6, 6.07) is 9.58. The van der Waals surface area contributed by atoms with Crippen molar-refractivity contribution >= 4 is 0 Å². The van der Waals surface area contributed by atoms with Crippen molar-refractivity contribution < 1.29 is 13.2 Å². The minimum absolute atomic E-state index is 0.00159. The van der Waals surface area contributed by atoms with Gasteiger partial charge < -0.3 is 0 Å². The zero-order valence-corrected chi connectivity index (χ0v) is 9.37. The van der Waals surface area contributed by atoms with Gasteiger partial charge in [0, 0.05) is 25.2 Å². The molecule has 0 atom stereocenters. The predicted octanol–water partition coefficient (Wildman–Crippen LogP) is 3.38. The molecule has 0 aromatic heterocycles. The van der Waals surface area contributed by atoms with Crippen molar-refractivity contribution in [2.75, 3.05) is 13.1 Å². The van der Waals surface area contributed by atoms with Gasteiger partial charge in [0.05, 0.1) is 0 Å². The molecule has 0 saturated heterocycles. The van der Waals surface area contributed by atoms with E-state index in [9.17, 15) is 13.2 Å². The highest BCUT2D eigenvalue weighted by molar-refractivity contribution is 5.17. The summed E-state index contributed by atoms with van der Waals surface area (Å²) in [6.45, 7) is 1.27. The SMILES string of the molecule is FC(F)(F)C1=CCCN(Cc2ccccc2)C1. The molecule has 1 aliphatic rings. The summed E-state index contributed by atoms with van der Waals surface area (Å²) >= 11 is 0. The lowest BCUT2D eigenvalue weighted by atomic mass is 10.1. The average molecular weight is 241 g/mol. The first kappa shape index (κ1) is 12.2. The van der Waals surface area contributed by atoms with Crippen LogP contribution >= 0.6 is 0 Å². The standard InChI is InChI=1S/C13H14F3N/c14-13(15,16)12-7-4-8-17(10-12)9-11-5-2-1-3-6-11/h1-3,5-7H,4,8-10H2. The first-order valence-electron chi connectivity index (χ1n) is 5.58. The van der Waals surface area contributed by atoms with Gasteiger partial charge in [-0.1, -0.05) is 36.4 Å². The number of alkyl halides is 3. The van der Waals surface area contributed by atoms with E-state index in [-0.39, 0.29) is 6.54 Å². The fourth-order valence-electron chi connectivity index (χ4n) is 1.99. The van der Waals surface area contributed by atoms with E-state index in [1.807, 2.05) is 35.2 Å². The van der Waals surface area contributed by atoms with Gasteiger partial charge in [-0.2, -0.15) is 13.2 Å². The summed E-state index contributed by atoms with van der Waals surface area (Å²) in [4.78, 5) is 1.83. The van der Waals surface area contributed by atoms with Gasteiger partial charge >= 0.3 is 6.18 Å². The number of nitrogens with zero attached hydrogens (tertiary/aromatic N) is 1. The molecule has 1 nitrogen and oxygen atoms in total. The Hall–Kier alpha value is -1.29. The summed E-state index contributed by atoms with van der Waals surface area (Å²) < 4.78 is 37.7. The van der Waals surface area contributed by atoms with Crippen molar-refractivity contribution in [1.29, 1.82) is 0 Å². The van der Waals surface area contributed by atoms with Gasteiger partial charge in [0.1, 0.15) is 0 Å². The van der Waals surface area contributed by atoms with Crippen LogP contribution in [0.15, 0.2) is 42.0 Å². The van der Waals surface area contributed by atoms with E-state index in [1.54, 1.807) is 0 Å². The zero-order valence-electron chi connectivity index (χ0n) is 9.37. The lowest BCUT2D eigenvalue weighted by molar-refractivity contribution is -0.0974. The van der Waals surface area contributed by atoms with Gasteiger partial charge in [0.25, 0.3) is 0 Å². The third-order valence-corrected chi connectivity index (χ3v) is 2.84. The topological polar surface area (TPSA) is 3.24 Å². The van der Waals surface area contributed by atoms with Crippen LogP contribution in [-0.2, 0) is 6.54 Å². The van der Waals surface area contributed by atoms with Gasteiger partial charge in [-0.3, -0.25) is 4.90 Å². The van der Waals surface area contributed by atoms with E-state index in [0.29, 0.717) is 19.5 Å². The number of halogens is 3. The van der Waals surface area contributed by atoms with E-state index in [0.717, 1.165) is 5.56 Å². The second kappa shape index (κ2) is 4.92. The second-order valence-electron chi connectivity index (χ2n) is 4.21. The van der Waals surface area contributed by atoms with Crippen LogP contribution in [0.2, 0.25) is 0 Å². The Kier molecular flexibility index (Phi) is 3.52. The monoisotopic (exact) mass is 241 g/mol. The molecular formula is C13H14F3N. The molecule has 0 saturated carbocycles.